The molecule has 148 valence electrons. The number of hydrogen-bond acceptors (Lipinski definition) is 5. The standard InChI is InChI=1S/C25H20N2O3/c28-25(29-23-15-11-21(12-16-23)26-19-7-3-1-4-8-19)30-24-17-13-22(14-18-24)27-20-9-5-2-6-10-20/h1-18,26-27H. The Hall–Kier alpha value is -4.25. The van der Waals surface area contributed by atoms with Crippen molar-refractivity contribution >= 4 is 28.9 Å². The van der Waals surface area contributed by atoms with Crippen molar-refractivity contribution in [1.82, 2.24) is 0 Å². The van der Waals surface area contributed by atoms with E-state index in [-0.39, 0.29) is 0 Å². The van der Waals surface area contributed by atoms with Crippen molar-refractivity contribution in [2.24, 2.45) is 0 Å². The van der Waals surface area contributed by atoms with Gasteiger partial charge in [0, 0.05) is 22.7 Å². The lowest BCUT2D eigenvalue weighted by atomic mass is 10.2. The first kappa shape index (κ1) is 19.1. The molecule has 4 rings (SSSR count). The number of rotatable bonds is 6. The lowest BCUT2D eigenvalue weighted by molar-refractivity contribution is 0.152. The summed E-state index contributed by atoms with van der Waals surface area (Å²) in [6.45, 7) is 0. The first-order chi connectivity index (χ1) is 14.7. The molecule has 30 heavy (non-hydrogen) atoms. The van der Waals surface area contributed by atoms with Crippen LogP contribution in [0, 0.1) is 0 Å². The van der Waals surface area contributed by atoms with Crippen molar-refractivity contribution in [3.63, 3.8) is 0 Å². The molecule has 0 radical (unpaired) electrons. The summed E-state index contributed by atoms with van der Waals surface area (Å²) in [5.74, 6) is 0.807. The molecule has 2 N–H and O–H groups in total. The van der Waals surface area contributed by atoms with E-state index in [1.165, 1.54) is 0 Å². The molecule has 0 saturated heterocycles. The maximum Gasteiger partial charge on any atom is 0.519 e. The van der Waals surface area contributed by atoms with E-state index in [0.29, 0.717) is 11.5 Å². The second-order valence-electron chi connectivity index (χ2n) is 6.48. The van der Waals surface area contributed by atoms with E-state index in [0.717, 1.165) is 22.7 Å². The number of carbonyl (C=O) groups is 1. The molecule has 0 aliphatic carbocycles. The molecule has 0 atom stereocenters. The molecule has 0 aliphatic heterocycles. The number of ether oxygens (including phenoxy) is 2. The van der Waals surface area contributed by atoms with Crippen LogP contribution in [-0.4, -0.2) is 6.16 Å². The van der Waals surface area contributed by atoms with Crippen LogP contribution in [0.5, 0.6) is 11.5 Å². The fraction of sp³-hybridized carbons (Fsp3) is 0. The largest absolute Gasteiger partial charge is 0.519 e. The number of para-hydroxylation sites is 2. The second kappa shape index (κ2) is 9.30. The van der Waals surface area contributed by atoms with Gasteiger partial charge in [0.1, 0.15) is 11.5 Å². The molecule has 0 bridgehead atoms. The highest BCUT2D eigenvalue weighted by Crippen LogP contribution is 2.22. The topological polar surface area (TPSA) is 59.6 Å². The van der Waals surface area contributed by atoms with Gasteiger partial charge in [0.2, 0.25) is 0 Å². The summed E-state index contributed by atoms with van der Waals surface area (Å²) in [5.41, 5.74) is 3.75. The van der Waals surface area contributed by atoms with Gasteiger partial charge in [0.05, 0.1) is 0 Å². The number of carbonyl (C=O) groups excluding carboxylic acids is 1. The van der Waals surface area contributed by atoms with Crippen molar-refractivity contribution in [2.75, 3.05) is 10.6 Å². The fourth-order valence-corrected chi connectivity index (χ4v) is 2.80. The minimum atomic E-state index is -0.789. The molecule has 0 aromatic heterocycles. The quantitative estimate of drug-likeness (QED) is 0.279. The number of anilines is 4. The average Bonchev–Trinajstić information content (AvgIpc) is 2.78. The van der Waals surface area contributed by atoms with E-state index in [4.69, 9.17) is 9.47 Å². The summed E-state index contributed by atoms with van der Waals surface area (Å²) in [6.07, 6.45) is -0.789. The number of benzene rings is 4. The van der Waals surface area contributed by atoms with Crippen LogP contribution in [0.1, 0.15) is 0 Å². The van der Waals surface area contributed by atoms with Crippen molar-refractivity contribution in [3.05, 3.63) is 109 Å². The lowest BCUT2D eigenvalue weighted by Gasteiger charge is -2.09. The van der Waals surface area contributed by atoms with E-state index in [1.807, 2.05) is 84.9 Å². The Bertz CT molecular complexity index is 992. The van der Waals surface area contributed by atoms with E-state index < -0.39 is 6.16 Å². The SMILES string of the molecule is O=C(Oc1ccc(Nc2ccccc2)cc1)Oc1ccc(Nc2ccccc2)cc1. The van der Waals surface area contributed by atoms with E-state index in [1.54, 1.807) is 24.3 Å². The third-order valence-electron chi connectivity index (χ3n) is 4.24. The molecular formula is C25H20N2O3. The van der Waals surface area contributed by atoms with Gasteiger partial charge in [-0.3, -0.25) is 0 Å². The van der Waals surface area contributed by atoms with Crippen molar-refractivity contribution < 1.29 is 14.3 Å². The normalized spacial score (nSPS) is 10.1. The molecule has 0 spiro atoms. The fourth-order valence-electron chi connectivity index (χ4n) is 2.80. The predicted octanol–water partition coefficient (Wildman–Crippen LogP) is 6.75. The highest BCUT2D eigenvalue weighted by atomic mass is 16.7. The van der Waals surface area contributed by atoms with Crippen LogP contribution in [0.15, 0.2) is 109 Å². The maximum absolute atomic E-state index is 12.1. The summed E-state index contributed by atoms with van der Waals surface area (Å²) < 4.78 is 10.5. The molecule has 0 amide bonds. The van der Waals surface area contributed by atoms with Crippen LogP contribution in [-0.2, 0) is 0 Å². The summed E-state index contributed by atoms with van der Waals surface area (Å²) in [4.78, 5) is 12.1. The van der Waals surface area contributed by atoms with Crippen LogP contribution in [0.25, 0.3) is 0 Å². The Morgan fingerprint density at radius 2 is 0.800 bits per heavy atom. The smallest absolute Gasteiger partial charge is 0.395 e. The van der Waals surface area contributed by atoms with Gasteiger partial charge in [-0.05, 0) is 72.8 Å². The Balaban J connectivity index is 1.30. The zero-order valence-corrected chi connectivity index (χ0v) is 16.1. The van der Waals surface area contributed by atoms with Gasteiger partial charge >= 0.3 is 6.16 Å². The van der Waals surface area contributed by atoms with Crippen LogP contribution >= 0.6 is 0 Å². The minimum Gasteiger partial charge on any atom is -0.395 e. The van der Waals surface area contributed by atoms with Crippen LogP contribution in [0.2, 0.25) is 0 Å². The van der Waals surface area contributed by atoms with Gasteiger partial charge in [0.25, 0.3) is 0 Å². The van der Waals surface area contributed by atoms with Crippen LogP contribution < -0.4 is 20.1 Å². The first-order valence-electron chi connectivity index (χ1n) is 9.48. The third kappa shape index (κ3) is 5.39. The average molecular weight is 396 g/mol. The molecule has 4 aromatic carbocycles. The molecule has 0 aliphatic rings. The molecular weight excluding hydrogens is 376 g/mol. The molecule has 4 aromatic rings. The lowest BCUT2D eigenvalue weighted by Crippen LogP contribution is -2.13. The monoisotopic (exact) mass is 396 g/mol. The van der Waals surface area contributed by atoms with Crippen molar-refractivity contribution in [1.29, 1.82) is 0 Å². The third-order valence-corrected chi connectivity index (χ3v) is 4.24. The molecule has 0 heterocycles. The van der Waals surface area contributed by atoms with E-state index >= 15 is 0 Å². The predicted molar refractivity (Wildman–Crippen MR) is 119 cm³/mol. The van der Waals surface area contributed by atoms with Crippen molar-refractivity contribution in [3.8, 4) is 11.5 Å². The summed E-state index contributed by atoms with van der Waals surface area (Å²) in [6, 6.07) is 33.8. The molecule has 5 nitrogen and oxygen atoms in total. The maximum atomic E-state index is 12.1. The second-order valence-corrected chi connectivity index (χ2v) is 6.48. The number of nitrogens with one attached hydrogen (secondary N) is 2. The zero-order chi connectivity index (χ0) is 20.6. The van der Waals surface area contributed by atoms with Gasteiger partial charge in [-0.2, -0.15) is 0 Å². The van der Waals surface area contributed by atoms with Gasteiger partial charge in [-0.15, -0.1) is 0 Å². The van der Waals surface area contributed by atoms with E-state index in [2.05, 4.69) is 10.6 Å². The highest BCUT2D eigenvalue weighted by Gasteiger charge is 2.08. The molecule has 5 heteroatoms. The van der Waals surface area contributed by atoms with Crippen LogP contribution in [0.3, 0.4) is 0 Å². The van der Waals surface area contributed by atoms with Crippen LogP contribution in [0.4, 0.5) is 27.5 Å². The van der Waals surface area contributed by atoms with Gasteiger partial charge < -0.3 is 20.1 Å². The van der Waals surface area contributed by atoms with Gasteiger partial charge in [0.15, 0.2) is 0 Å². The molecule has 0 saturated carbocycles. The zero-order valence-electron chi connectivity index (χ0n) is 16.1. The molecule has 0 fully saturated rings. The molecule has 0 unspecified atom stereocenters. The minimum absolute atomic E-state index is 0.404. The summed E-state index contributed by atoms with van der Waals surface area (Å²) >= 11 is 0. The Morgan fingerprint density at radius 1 is 0.467 bits per heavy atom. The Labute approximate surface area is 174 Å². The number of hydrogen-bond donors (Lipinski definition) is 2. The van der Waals surface area contributed by atoms with E-state index in [9.17, 15) is 4.79 Å². The Kier molecular flexibility index (Phi) is 5.91. The first-order valence-corrected chi connectivity index (χ1v) is 9.48. The van der Waals surface area contributed by atoms with Crippen molar-refractivity contribution in [2.45, 2.75) is 0 Å². The highest BCUT2D eigenvalue weighted by molar-refractivity contribution is 5.69. The summed E-state index contributed by atoms with van der Waals surface area (Å²) in [7, 11) is 0. The van der Waals surface area contributed by atoms with Gasteiger partial charge in [-0.1, -0.05) is 36.4 Å². The Morgan fingerprint density at radius 3 is 1.17 bits per heavy atom. The van der Waals surface area contributed by atoms with Gasteiger partial charge in [-0.25, -0.2) is 4.79 Å². The summed E-state index contributed by atoms with van der Waals surface area (Å²) in [5, 5.41) is 6.54.